The first-order valence-corrected chi connectivity index (χ1v) is 11.4. The fourth-order valence-electron chi connectivity index (χ4n) is 4.97. The fourth-order valence-corrected chi connectivity index (χ4v) is 6.83. The molecule has 1 saturated carbocycles. The van der Waals surface area contributed by atoms with Gasteiger partial charge in [0.05, 0.1) is 23.3 Å². The molecule has 0 radical (unpaired) electrons. The van der Waals surface area contributed by atoms with E-state index in [1.165, 1.54) is 4.90 Å². The predicted octanol–water partition coefficient (Wildman–Crippen LogP) is 0.0112. The lowest BCUT2D eigenvalue weighted by molar-refractivity contribution is -0.140. The first-order chi connectivity index (χ1) is 12.9. The zero-order valence-electron chi connectivity index (χ0n) is 15.8. The van der Waals surface area contributed by atoms with Gasteiger partial charge in [-0.15, -0.1) is 24.0 Å². The van der Waals surface area contributed by atoms with Crippen LogP contribution in [0.3, 0.4) is 0 Å². The van der Waals surface area contributed by atoms with Crippen LogP contribution in [-0.4, -0.2) is 69.3 Å². The van der Waals surface area contributed by atoms with E-state index in [0.717, 1.165) is 6.42 Å². The third-order valence-electron chi connectivity index (χ3n) is 6.30. The Hall–Kier alpha value is -1.17. The lowest BCUT2D eigenvalue weighted by atomic mass is 9.85. The molecule has 28 heavy (non-hydrogen) atoms. The van der Waals surface area contributed by atoms with Crippen molar-refractivity contribution in [1.82, 2.24) is 15.5 Å². The molecule has 0 spiro atoms. The maximum atomic E-state index is 12.6. The van der Waals surface area contributed by atoms with E-state index in [1.54, 1.807) is 7.05 Å². The van der Waals surface area contributed by atoms with Crippen molar-refractivity contribution in [3.63, 3.8) is 0 Å². The second-order valence-corrected chi connectivity index (χ2v) is 10.2. The quantitative estimate of drug-likeness (QED) is 0.173. The van der Waals surface area contributed by atoms with E-state index >= 15 is 0 Å². The summed E-state index contributed by atoms with van der Waals surface area (Å²) in [7, 11) is -1.25. The fraction of sp³-hybridized carbons (Fsp3) is 0.722. The zero-order chi connectivity index (χ0) is 19.2. The van der Waals surface area contributed by atoms with Gasteiger partial charge in [-0.2, -0.15) is 0 Å². The van der Waals surface area contributed by atoms with Crippen LogP contribution in [0.2, 0.25) is 0 Å². The molecule has 5 unspecified atom stereocenters. The molecule has 2 amide bonds. The van der Waals surface area contributed by atoms with Gasteiger partial charge in [0.25, 0.3) is 0 Å². The van der Waals surface area contributed by atoms with Gasteiger partial charge in [-0.05, 0) is 30.6 Å². The molecule has 2 N–H and O–H groups in total. The van der Waals surface area contributed by atoms with Crippen molar-refractivity contribution in [2.45, 2.75) is 12.8 Å². The number of sulfone groups is 1. The summed E-state index contributed by atoms with van der Waals surface area (Å²) in [5.41, 5.74) is 0. The van der Waals surface area contributed by atoms with Crippen molar-refractivity contribution < 1.29 is 18.0 Å². The SMILES string of the molecule is CN=C(NCCN1C(=O)C2C3C=CC(C3)C2C1=O)NCC1CCS(=O)(=O)C1.I. The van der Waals surface area contributed by atoms with Crippen LogP contribution >= 0.6 is 24.0 Å². The number of guanidine groups is 1. The Morgan fingerprint density at radius 2 is 1.82 bits per heavy atom. The molecule has 2 heterocycles. The molecule has 5 atom stereocenters. The van der Waals surface area contributed by atoms with Gasteiger partial charge in [0.15, 0.2) is 15.8 Å². The molecular weight excluding hydrogens is 495 g/mol. The van der Waals surface area contributed by atoms with E-state index in [9.17, 15) is 18.0 Å². The number of likely N-dealkylation sites (tertiary alicyclic amines) is 1. The number of amides is 2. The number of carbonyl (C=O) groups is 2. The summed E-state index contributed by atoms with van der Waals surface area (Å²) in [4.78, 5) is 30.8. The Balaban J connectivity index is 0.00000225. The minimum Gasteiger partial charge on any atom is -0.356 e. The van der Waals surface area contributed by atoms with E-state index in [-0.39, 0.29) is 76.9 Å². The number of rotatable bonds is 5. The molecule has 4 aliphatic rings. The average Bonchev–Trinajstić information content (AvgIpc) is 3.37. The summed E-state index contributed by atoms with van der Waals surface area (Å²) in [6, 6.07) is 0. The molecule has 2 aliphatic heterocycles. The van der Waals surface area contributed by atoms with Gasteiger partial charge in [-0.25, -0.2) is 8.42 Å². The van der Waals surface area contributed by atoms with Crippen LogP contribution in [-0.2, 0) is 19.4 Å². The third-order valence-corrected chi connectivity index (χ3v) is 8.14. The van der Waals surface area contributed by atoms with Gasteiger partial charge in [-0.1, -0.05) is 12.2 Å². The van der Waals surface area contributed by atoms with Crippen LogP contribution in [0, 0.1) is 29.6 Å². The Morgan fingerprint density at radius 1 is 1.18 bits per heavy atom. The van der Waals surface area contributed by atoms with Crippen molar-refractivity contribution in [2.75, 3.05) is 38.2 Å². The Morgan fingerprint density at radius 3 is 2.36 bits per heavy atom. The highest BCUT2D eigenvalue weighted by Crippen LogP contribution is 2.52. The predicted molar refractivity (Wildman–Crippen MR) is 116 cm³/mol. The standard InChI is InChI=1S/C18H26N4O4S.HI/c1-19-18(21-9-11-4-7-27(25,26)10-11)20-5-6-22-16(23)14-12-2-3-13(8-12)15(14)17(22)24;/h2-3,11-15H,4-10H2,1H3,(H2,19,20,21);1H. The second-order valence-electron chi connectivity index (χ2n) is 7.98. The summed E-state index contributed by atoms with van der Waals surface area (Å²) < 4.78 is 23.0. The van der Waals surface area contributed by atoms with Crippen molar-refractivity contribution in [2.24, 2.45) is 34.6 Å². The zero-order valence-corrected chi connectivity index (χ0v) is 19.0. The summed E-state index contributed by atoms with van der Waals surface area (Å²) in [5, 5.41) is 6.25. The summed E-state index contributed by atoms with van der Waals surface area (Å²) in [5.74, 6) is 1.18. The van der Waals surface area contributed by atoms with Crippen LogP contribution in [0.5, 0.6) is 0 Å². The van der Waals surface area contributed by atoms with Gasteiger partial charge in [-0.3, -0.25) is 19.5 Å². The lowest BCUT2D eigenvalue weighted by Crippen LogP contribution is -2.44. The van der Waals surface area contributed by atoms with E-state index < -0.39 is 9.84 Å². The highest BCUT2D eigenvalue weighted by molar-refractivity contribution is 14.0. The molecule has 0 aromatic heterocycles. The van der Waals surface area contributed by atoms with Gasteiger partial charge in [0.2, 0.25) is 11.8 Å². The molecule has 2 aliphatic carbocycles. The number of fused-ring (bicyclic) bond motifs is 5. The molecular formula is C18H27IN4O4S. The Kier molecular flexibility index (Phi) is 6.38. The lowest BCUT2D eigenvalue weighted by Gasteiger charge is -2.19. The monoisotopic (exact) mass is 522 g/mol. The number of allylic oxidation sites excluding steroid dienone is 2. The van der Waals surface area contributed by atoms with Crippen molar-refractivity contribution in [3.8, 4) is 0 Å². The largest absolute Gasteiger partial charge is 0.356 e. The van der Waals surface area contributed by atoms with Crippen molar-refractivity contribution in [3.05, 3.63) is 12.2 Å². The van der Waals surface area contributed by atoms with E-state index in [2.05, 4.69) is 27.8 Å². The van der Waals surface area contributed by atoms with E-state index in [0.29, 0.717) is 32.0 Å². The molecule has 4 rings (SSSR count). The van der Waals surface area contributed by atoms with Crippen molar-refractivity contribution in [1.29, 1.82) is 0 Å². The molecule has 8 nitrogen and oxygen atoms in total. The molecule has 0 aromatic carbocycles. The maximum absolute atomic E-state index is 12.6. The third kappa shape index (κ3) is 3.94. The summed E-state index contributed by atoms with van der Waals surface area (Å²) in [6.07, 6.45) is 5.79. The van der Waals surface area contributed by atoms with Gasteiger partial charge in [0, 0.05) is 26.7 Å². The van der Waals surface area contributed by atoms with Crippen LogP contribution in [0.1, 0.15) is 12.8 Å². The van der Waals surface area contributed by atoms with Crippen LogP contribution in [0.15, 0.2) is 17.1 Å². The number of aliphatic imine (C=N–C) groups is 1. The maximum Gasteiger partial charge on any atom is 0.233 e. The van der Waals surface area contributed by atoms with E-state index in [1.807, 2.05) is 0 Å². The number of nitrogens with one attached hydrogen (secondary N) is 2. The highest BCUT2D eigenvalue weighted by Gasteiger charge is 2.58. The minimum absolute atomic E-state index is 0. The molecule has 2 bridgehead atoms. The van der Waals surface area contributed by atoms with Gasteiger partial charge < -0.3 is 10.6 Å². The normalized spacial score (nSPS) is 35.2. The molecule has 156 valence electrons. The number of nitrogens with zero attached hydrogens (tertiary/aromatic N) is 2. The first-order valence-electron chi connectivity index (χ1n) is 9.58. The number of halogens is 1. The molecule has 0 aromatic rings. The number of hydrogen-bond donors (Lipinski definition) is 2. The summed E-state index contributed by atoms with van der Waals surface area (Å²) in [6.45, 7) is 1.28. The van der Waals surface area contributed by atoms with Crippen LogP contribution in [0.25, 0.3) is 0 Å². The molecule has 2 saturated heterocycles. The van der Waals surface area contributed by atoms with Crippen LogP contribution in [0.4, 0.5) is 0 Å². The molecule has 10 heteroatoms. The average molecular weight is 522 g/mol. The van der Waals surface area contributed by atoms with E-state index in [4.69, 9.17) is 0 Å². The second kappa shape index (κ2) is 8.29. The smallest absolute Gasteiger partial charge is 0.233 e. The topological polar surface area (TPSA) is 108 Å². The minimum atomic E-state index is -2.89. The number of imide groups is 1. The Bertz CT molecular complexity index is 782. The van der Waals surface area contributed by atoms with Gasteiger partial charge >= 0.3 is 0 Å². The summed E-state index contributed by atoms with van der Waals surface area (Å²) >= 11 is 0. The Labute approximate surface area is 182 Å². The van der Waals surface area contributed by atoms with Crippen LogP contribution < -0.4 is 10.6 Å². The number of hydrogen-bond acceptors (Lipinski definition) is 5. The first kappa shape index (κ1) is 21.5. The van der Waals surface area contributed by atoms with Gasteiger partial charge in [0.1, 0.15) is 0 Å². The number of carbonyl (C=O) groups excluding carboxylic acids is 2. The van der Waals surface area contributed by atoms with Crippen molar-refractivity contribution >= 4 is 51.6 Å². The molecule has 3 fully saturated rings. The highest BCUT2D eigenvalue weighted by atomic mass is 127.